The molecule has 0 aromatic carbocycles. The van der Waals surface area contributed by atoms with E-state index in [2.05, 4.69) is 50.2 Å². The molecule has 0 saturated carbocycles. The molecule has 4 aliphatic carbocycles. The van der Waals surface area contributed by atoms with Crippen LogP contribution in [0.3, 0.4) is 0 Å². The van der Waals surface area contributed by atoms with Crippen LogP contribution in [0.5, 0.6) is 0 Å². The fourth-order valence-corrected chi connectivity index (χ4v) is 15.0. The molecule has 50 nitrogen and oxygen atoms in total. The van der Waals surface area contributed by atoms with E-state index in [9.17, 15) is 156 Å². The molecule has 16 atom stereocenters. The quantitative estimate of drug-likeness (QED) is 0.0162. The molecule has 0 heterocycles. The first-order valence-corrected chi connectivity index (χ1v) is 39.1. The lowest BCUT2D eigenvalue weighted by atomic mass is 9.87. The zero-order valence-corrected chi connectivity index (χ0v) is 53.0. The van der Waals surface area contributed by atoms with E-state index in [0.717, 1.165) is 0 Å². The molecule has 0 bridgehead atoms. The first-order chi connectivity index (χ1) is 40.6. The fraction of sp³-hybridized carbons (Fsp3) is 0.724. The molecule has 0 aliphatic heterocycles. The van der Waals surface area contributed by atoms with Gasteiger partial charge in [0.25, 0.3) is 0 Å². The van der Waals surface area contributed by atoms with Crippen LogP contribution in [0.15, 0.2) is 48.6 Å². The van der Waals surface area contributed by atoms with E-state index >= 15 is 0 Å². The van der Waals surface area contributed by atoms with Crippen molar-refractivity contribution in [3.63, 3.8) is 0 Å². The highest BCUT2D eigenvalue weighted by molar-refractivity contribution is 7.83. The Balaban J connectivity index is 2.09. The van der Waals surface area contributed by atoms with E-state index in [4.69, 9.17) is 0 Å². The Kier molecular flexibility index (Phi) is 26.2. The highest BCUT2D eigenvalue weighted by Gasteiger charge is 2.55. The SMILES string of the molecule is O=S(=O)(O)O[C@H]1[C@H](OS(=O)(=O)O)[C@@H](N(CCCCCN([C@H]2C=C[C@@H](OS(=O)(=O)O)[C@@H](OS(=O)(=O)O)[C@@H]2OS(=O)(=O)O)[C@H]2C=C[C@@H](OS(=O)(=O)O)[C@@H](OS(=O)(=O)O)[C@@H]2OS(=O)(=O)O)[C@H]2C=C[C@@H](OS(=O)(=O)O)[C@@H](OS(=O)(=O)O)[C@@H]2OS(=O)(=O)O)C=C[C@H]1OS(=O)(=O)O. The second-order valence-corrected chi connectivity index (χ2v) is 30.5. The molecule has 0 unspecified atom stereocenters. The lowest BCUT2D eigenvalue weighted by Crippen LogP contribution is -2.64. The van der Waals surface area contributed by atoms with E-state index in [-0.39, 0.29) is 0 Å². The second-order valence-electron chi connectivity index (χ2n) is 17.9. The van der Waals surface area contributed by atoms with Crippen molar-refractivity contribution >= 4 is 125 Å². The molecule has 0 radical (unpaired) electrons. The lowest BCUT2D eigenvalue weighted by molar-refractivity contribution is -0.0836. The van der Waals surface area contributed by atoms with Gasteiger partial charge >= 0.3 is 125 Å². The summed E-state index contributed by atoms with van der Waals surface area (Å²) < 4.78 is 462. The van der Waals surface area contributed by atoms with Crippen LogP contribution in [0, 0.1) is 0 Å². The second kappa shape index (κ2) is 29.6. The Morgan fingerprint density at radius 1 is 0.209 bits per heavy atom. The van der Waals surface area contributed by atoms with Gasteiger partial charge in [-0.2, -0.15) is 101 Å². The monoisotopic (exact) mass is 1570 g/mol. The first kappa shape index (κ1) is 80.8. The number of hydrogen-bond acceptors (Lipinski definition) is 38. The summed E-state index contributed by atoms with van der Waals surface area (Å²) in [7, 11) is -73.0. The van der Waals surface area contributed by atoms with Crippen LogP contribution in [-0.2, 0) is 175 Å². The number of nitrogens with zero attached hydrogens (tertiary/aromatic N) is 2. The first-order valence-electron chi connectivity index (χ1n) is 22.7. The largest absolute Gasteiger partial charge is 0.398 e. The number of unbranched alkanes of at least 4 members (excludes halogenated alkanes) is 2. The minimum atomic E-state index is -6.21. The molecule has 0 aromatic rings. The van der Waals surface area contributed by atoms with Crippen molar-refractivity contribution in [3.05, 3.63) is 48.6 Å². The van der Waals surface area contributed by atoms with Crippen molar-refractivity contribution in [1.82, 2.24) is 9.80 Å². The molecule has 532 valence electrons. The summed E-state index contributed by atoms with van der Waals surface area (Å²) in [5.74, 6) is 0. The highest BCUT2D eigenvalue weighted by atomic mass is 32.3. The van der Waals surface area contributed by atoms with Crippen LogP contribution in [0.4, 0.5) is 0 Å². The van der Waals surface area contributed by atoms with Crippen molar-refractivity contribution in [3.8, 4) is 0 Å². The fourth-order valence-electron chi connectivity index (χ4n) is 9.17. The Bertz CT molecular complexity index is 3660. The van der Waals surface area contributed by atoms with Crippen LogP contribution in [0.1, 0.15) is 19.3 Å². The number of rotatable bonds is 34. The zero-order chi connectivity index (χ0) is 70.1. The maximum Gasteiger partial charge on any atom is 0.398 e. The average molecular weight is 1580 g/mol. The molecule has 91 heavy (non-hydrogen) atoms. The van der Waals surface area contributed by atoms with Gasteiger partial charge in [0, 0.05) is 0 Å². The average Bonchev–Trinajstić information content (AvgIpc) is 0.768. The highest BCUT2D eigenvalue weighted by Crippen LogP contribution is 2.38. The molecule has 0 amide bonds. The Morgan fingerprint density at radius 3 is 0.495 bits per heavy atom. The zero-order valence-electron chi connectivity index (χ0n) is 43.2. The molecule has 4 aliphatic rings. The van der Waals surface area contributed by atoms with Crippen molar-refractivity contribution in [2.45, 2.75) is 117 Å². The normalized spacial score (nSPS) is 30.5. The third kappa shape index (κ3) is 28.5. The van der Waals surface area contributed by atoms with Crippen LogP contribution < -0.4 is 0 Å². The van der Waals surface area contributed by atoms with Gasteiger partial charge in [-0.05, 0) is 25.9 Å². The van der Waals surface area contributed by atoms with Crippen molar-refractivity contribution in [2.75, 3.05) is 13.1 Å². The third-order valence-electron chi connectivity index (χ3n) is 11.6. The Hall–Kier alpha value is -2.68. The van der Waals surface area contributed by atoms with E-state index in [1.807, 2.05) is 0 Å². The maximum absolute atomic E-state index is 12.5. The van der Waals surface area contributed by atoms with E-state index in [1.54, 1.807) is 0 Å². The smallest absolute Gasteiger partial charge is 0.285 e. The van der Waals surface area contributed by atoms with Gasteiger partial charge < -0.3 is 0 Å². The predicted molar refractivity (Wildman–Crippen MR) is 276 cm³/mol. The van der Waals surface area contributed by atoms with Gasteiger partial charge in [-0.25, -0.2) is 50.2 Å². The number of hydrogen-bond donors (Lipinski definition) is 12. The third-order valence-corrected chi connectivity index (χ3v) is 17.2. The maximum atomic E-state index is 12.5. The van der Waals surface area contributed by atoms with Gasteiger partial charge in [-0.15, -0.1) is 0 Å². The van der Waals surface area contributed by atoms with E-state index in [0.29, 0.717) is 58.4 Å². The molecule has 4 rings (SSSR count). The Labute approximate surface area is 515 Å². The van der Waals surface area contributed by atoms with Crippen LogP contribution >= 0.6 is 0 Å². The van der Waals surface area contributed by atoms with E-state index < -0.39 is 255 Å². The summed E-state index contributed by atoms with van der Waals surface area (Å²) >= 11 is 0. The van der Waals surface area contributed by atoms with Gasteiger partial charge in [0.15, 0.2) is 0 Å². The summed E-state index contributed by atoms with van der Waals surface area (Å²) in [5, 5.41) is 0. The lowest BCUT2D eigenvalue weighted by Gasteiger charge is -2.47. The van der Waals surface area contributed by atoms with Crippen molar-refractivity contribution in [1.29, 1.82) is 0 Å². The summed E-state index contributed by atoms with van der Waals surface area (Å²) in [5.41, 5.74) is 0. The van der Waals surface area contributed by atoms with E-state index in [1.165, 1.54) is 0 Å². The van der Waals surface area contributed by atoms with Crippen LogP contribution in [0.2, 0.25) is 0 Å². The van der Waals surface area contributed by atoms with Crippen molar-refractivity contribution in [2.24, 2.45) is 0 Å². The topological polar surface area (TPSA) is 770 Å². The summed E-state index contributed by atoms with van der Waals surface area (Å²) in [6, 6.07) is -10.2. The molecule has 0 aromatic heterocycles. The summed E-state index contributed by atoms with van der Waals surface area (Å²) in [6.45, 7) is -2.39. The Morgan fingerprint density at radius 2 is 0.352 bits per heavy atom. The molecule has 0 saturated heterocycles. The standard InChI is InChI=1S/C29H46N2O48S12/c32-80(33,34)68-18-8-4-14(22(72-84(44,45)46)26(18)76-88(56,57)58)30(15-5-9-19(69-81(35,36)37)27(77-89(59,60)61)23(15)73-85(47,48)49)12-2-1-3-13-31(16-6-10-20(70-82(38,39)40)28(78-90(62,63)64)24(16)74-86(50,51)52)17-7-11-21(71-83(41,42)43)29(79-91(65,66)67)25(17)75-87(53,54)55/h4-11,14-29H,1-3,12-13H2,(H,32,33,34)(H,35,36,37)(H,38,39,40)(H,41,42,43)(H,44,45,46)(H,47,48,49)(H,50,51,52)(H,53,54,55)(H,56,57,58)(H,59,60,61)(H,62,63,64)(H,65,66,67)/t14-,15-,16-,17-,18+,19+,20+,21+,22+,23+,24+,25+,26+,27+,28+,29+/m0/s1. The van der Waals surface area contributed by atoms with Gasteiger partial charge in [-0.3, -0.25) is 64.4 Å². The van der Waals surface area contributed by atoms with Gasteiger partial charge in [0.05, 0.1) is 24.2 Å². The van der Waals surface area contributed by atoms with Crippen LogP contribution in [-0.4, -0.2) is 276 Å². The van der Waals surface area contributed by atoms with Gasteiger partial charge in [-0.1, -0.05) is 55.0 Å². The summed E-state index contributed by atoms with van der Waals surface area (Å²) in [6.07, 6.45) is -35.6. The minimum Gasteiger partial charge on any atom is -0.285 e. The molecule has 12 N–H and O–H groups in total. The predicted octanol–water partition coefficient (Wildman–Crippen LogP) is -7.23. The minimum absolute atomic E-state index is 0.297. The van der Waals surface area contributed by atoms with Gasteiger partial charge in [0.2, 0.25) is 0 Å². The van der Waals surface area contributed by atoms with Crippen LogP contribution in [0.25, 0.3) is 0 Å². The molecule has 0 fully saturated rings. The molecular formula is C29H46N2O48S12. The molecular weight excluding hydrogens is 1530 g/mol. The van der Waals surface area contributed by atoms with Crippen molar-refractivity contribution < 1.29 is 206 Å². The van der Waals surface area contributed by atoms with Gasteiger partial charge in [0.1, 0.15) is 73.2 Å². The molecule has 0 spiro atoms. The molecule has 62 heteroatoms. The summed E-state index contributed by atoms with van der Waals surface area (Å²) in [4.78, 5) is 0.812.